The molecular formula is C38H35F5N4O5. The first kappa shape index (κ1) is 35.3. The van der Waals surface area contributed by atoms with Crippen LogP contribution >= 0.6 is 0 Å². The van der Waals surface area contributed by atoms with Crippen molar-refractivity contribution in [1.29, 1.82) is 0 Å². The van der Waals surface area contributed by atoms with Gasteiger partial charge in [-0.25, -0.2) is 13.6 Å². The fourth-order valence-electron chi connectivity index (χ4n) is 7.64. The summed E-state index contributed by atoms with van der Waals surface area (Å²) in [6, 6.07) is 14.9. The van der Waals surface area contributed by atoms with Gasteiger partial charge in [0.15, 0.2) is 0 Å². The molecule has 52 heavy (non-hydrogen) atoms. The average Bonchev–Trinajstić information content (AvgIpc) is 3.64. The molecule has 1 N–H and O–H groups in total. The molecule has 0 bridgehead atoms. The summed E-state index contributed by atoms with van der Waals surface area (Å²) in [5.41, 5.74) is -0.153. The van der Waals surface area contributed by atoms with E-state index in [-0.39, 0.29) is 75.4 Å². The van der Waals surface area contributed by atoms with Gasteiger partial charge in [0.25, 0.3) is 5.91 Å². The molecular weight excluding hydrogens is 687 g/mol. The number of hydrogen-bond acceptors (Lipinski definition) is 5. The molecule has 1 spiro atoms. The molecule has 3 heterocycles. The first-order valence-electron chi connectivity index (χ1n) is 16.8. The zero-order chi connectivity index (χ0) is 37.0. The van der Waals surface area contributed by atoms with Crippen molar-refractivity contribution in [3.05, 3.63) is 113 Å². The van der Waals surface area contributed by atoms with Crippen LogP contribution in [0, 0.1) is 35.3 Å². The van der Waals surface area contributed by atoms with Crippen LogP contribution in [0.25, 0.3) is 11.1 Å². The minimum Gasteiger partial charge on any atom is -0.478 e. The van der Waals surface area contributed by atoms with Crippen LogP contribution < -0.4 is 0 Å². The first-order chi connectivity index (χ1) is 24.7. The number of halogens is 5. The summed E-state index contributed by atoms with van der Waals surface area (Å²) in [6.07, 6.45) is -2.16. The third-order valence-electron chi connectivity index (χ3n) is 10.7. The Hall–Kier alpha value is -5.11. The van der Waals surface area contributed by atoms with E-state index >= 15 is 0 Å². The van der Waals surface area contributed by atoms with Crippen LogP contribution in [0.3, 0.4) is 0 Å². The van der Waals surface area contributed by atoms with Gasteiger partial charge in [0.05, 0.1) is 37.1 Å². The molecule has 7 rings (SSSR count). The Morgan fingerprint density at radius 2 is 1.63 bits per heavy atom. The number of carboxylic acids is 1. The second kappa shape index (κ2) is 13.1. The fourth-order valence-corrected chi connectivity index (χ4v) is 7.64. The summed E-state index contributed by atoms with van der Waals surface area (Å²) in [4.78, 5) is 42.1. The molecule has 2 aliphatic heterocycles. The zero-order valence-corrected chi connectivity index (χ0v) is 28.1. The highest BCUT2D eigenvalue weighted by molar-refractivity contribution is 5.98. The van der Waals surface area contributed by atoms with Crippen molar-refractivity contribution >= 4 is 17.8 Å². The van der Waals surface area contributed by atoms with E-state index in [1.165, 1.54) is 41.4 Å². The molecule has 3 aliphatic rings. The van der Waals surface area contributed by atoms with E-state index in [0.717, 1.165) is 5.56 Å². The van der Waals surface area contributed by atoms with Crippen molar-refractivity contribution < 1.29 is 46.2 Å². The van der Waals surface area contributed by atoms with Crippen LogP contribution in [0.5, 0.6) is 0 Å². The van der Waals surface area contributed by atoms with Gasteiger partial charge in [0.1, 0.15) is 17.0 Å². The van der Waals surface area contributed by atoms with Gasteiger partial charge in [-0.2, -0.15) is 18.3 Å². The van der Waals surface area contributed by atoms with Crippen molar-refractivity contribution in [2.24, 2.45) is 16.7 Å². The predicted molar refractivity (Wildman–Crippen MR) is 177 cm³/mol. The molecule has 0 radical (unpaired) electrons. The Bertz CT molecular complexity index is 2040. The van der Waals surface area contributed by atoms with Gasteiger partial charge in [-0.05, 0) is 71.8 Å². The quantitative estimate of drug-likeness (QED) is 0.192. The van der Waals surface area contributed by atoms with E-state index < -0.39 is 34.7 Å². The lowest BCUT2D eigenvalue weighted by Gasteiger charge is -2.51. The SMILES string of the molecule is Cc1cc(F)ccc1-c1cccc(COCC2CN(C(=O)c3cnn(Cc4ccc(F)cc4)c3)CC23CN(C(=O)C2(C(F)(F)F)CC2)C3)c1C(=O)O. The number of nitrogens with zero attached hydrogens (tertiary/aromatic N) is 4. The average molecular weight is 723 g/mol. The highest BCUT2D eigenvalue weighted by Crippen LogP contribution is 2.60. The van der Waals surface area contributed by atoms with Gasteiger partial charge in [-0.1, -0.05) is 36.4 Å². The van der Waals surface area contributed by atoms with E-state index in [1.54, 1.807) is 53.0 Å². The van der Waals surface area contributed by atoms with Crippen molar-refractivity contribution in [1.82, 2.24) is 19.6 Å². The standard InChI is InChI=1S/C38H35F5N4O5/c1-23-13-29(40)9-10-30(23)31-4-2-3-25(32(31)34(49)50)18-52-19-27-17-45(20-36(27)21-46(22-36)35(51)37(11-12-37)38(41,42)43)33(48)26-14-44-47(16-26)15-24-5-7-28(39)8-6-24/h2-10,13-14,16,27H,11-12,15,17-22H2,1H3,(H,49,50). The third-order valence-corrected chi connectivity index (χ3v) is 10.7. The maximum absolute atomic E-state index is 13.8. The smallest absolute Gasteiger partial charge is 0.403 e. The van der Waals surface area contributed by atoms with Crippen LogP contribution in [-0.2, 0) is 22.7 Å². The summed E-state index contributed by atoms with van der Waals surface area (Å²) in [7, 11) is 0. The monoisotopic (exact) mass is 722 g/mol. The van der Waals surface area contributed by atoms with Crippen molar-refractivity contribution in [2.75, 3.05) is 32.8 Å². The molecule has 1 saturated carbocycles. The second-order valence-corrected chi connectivity index (χ2v) is 14.2. The fraction of sp³-hybridized carbons (Fsp3) is 0.368. The lowest BCUT2D eigenvalue weighted by Crippen LogP contribution is -2.65. The molecule has 9 nitrogen and oxygen atoms in total. The number of benzene rings is 3. The minimum atomic E-state index is -4.65. The maximum Gasteiger partial charge on any atom is 0.403 e. The van der Waals surface area contributed by atoms with E-state index in [4.69, 9.17) is 4.74 Å². The van der Waals surface area contributed by atoms with Gasteiger partial charge >= 0.3 is 12.1 Å². The number of carbonyl (C=O) groups excluding carboxylic acids is 2. The predicted octanol–water partition coefficient (Wildman–Crippen LogP) is 6.34. The zero-order valence-electron chi connectivity index (χ0n) is 28.1. The molecule has 2 saturated heterocycles. The third kappa shape index (κ3) is 6.44. The minimum absolute atomic E-state index is 0.00454. The normalized spacial score (nSPS) is 18.8. The summed E-state index contributed by atoms with van der Waals surface area (Å²) < 4.78 is 76.3. The number of hydrogen-bond donors (Lipinski definition) is 1. The van der Waals surface area contributed by atoms with E-state index in [2.05, 4.69) is 5.10 Å². The number of likely N-dealkylation sites (tertiary alicyclic amines) is 2. The van der Waals surface area contributed by atoms with Crippen molar-refractivity contribution in [3.8, 4) is 11.1 Å². The summed E-state index contributed by atoms with van der Waals surface area (Å²) in [5.74, 6) is -3.70. The number of aromatic nitrogens is 2. The van der Waals surface area contributed by atoms with Gasteiger partial charge in [-0.3, -0.25) is 14.3 Å². The topological polar surface area (TPSA) is 105 Å². The number of amides is 2. The summed E-state index contributed by atoms with van der Waals surface area (Å²) in [6.45, 7) is 2.30. The van der Waals surface area contributed by atoms with Crippen LogP contribution in [0.4, 0.5) is 22.0 Å². The number of rotatable bonds is 10. The van der Waals surface area contributed by atoms with E-state index in [0.29, 0.717) is 34.4 Å². The number of ether oxygens (including phenoxy) is 1. The number of aryl methyl sites for hydroxylation is 1. The van der Waals surface area contributed by atoms with Crippen LogP contribution in [-0.4, -0.2) is 81.4 Å². The Morgan fingerprint density at radius 3 is 2.29 bits per heavy atom. The maximum atomic E-state index is 13.8. The molecule has 1 aromatic heterocycles. The summed E-state index contributed by atoms with van der Waals surface area (Å²) >= 11 is 0. The second-order valence-electron chi connectivity index (χ2n) is 14.2. The highest BCUT2D eigenvalue weighted by Gasteiger charge is 2.71. The highest BCUT2D eigenvalue weighted by atomic mass is 19.4. The number of aromatic carboxylic acids is 1. The van der Waals surface area contributed by atoms with E-state index in [9.17, 15) is 41.4 Å². The largest absolute Gasteiger partial charge is 0.478 e. The Balaban J connectivity index is 1.09. The summed E-state index contributed by atoms with van der Waals surface area (Å²) in [5, 5.41) is 14.5. The van der Waals surface area contributed by atoms with E-state index in [1.807, 2.05) is 0 Å². The molecule has 14 heteroatoms. The van der Waals surface area contributed by atoms with Gasteiger partial charge in [-0.15, -0.1) is 0 Å². The number of carboxylic acid groups (broad SMARTS) is 1. The molecule has 1 atom stereocenters. The first-order valence-corrected chi connectivity index (χ1v) is 16.8. The van der Waals surface area contributed by atoms with Gasteiger partial charge < -0.3 is 19.6 Å². The molecule has 2 amide bonds. The van der Waals surface area contributed by atoms with Gasteiger partial charge in [0, 0.05) is 43.7 Å². The van der Waals surface area contributed by atoms with Gasteiger partial charge in [0.2, 0.25) is 5.91 Å². The molecule has 272 valence electrons. The molecule has 1 aliphatic carbocycles. The Labute approximate surface area is 295 Å². The van der Waals surface area contributed by atoms with Crippen LogP contribution in [0.2, 0.25) is 0 Å². The lowest BCUT2D eigenvalue weighted by atomic mass is 9.71. The van der Waals surface area contributed by atoms with Crippen molar-refractivity contribution in [2.45, 2.75) is 39.1 Å². The molecule has 3 fully saturated rings. The number of alkyl halides is 3. The van der Waals surface area contributed by atoms with Crippen LogP contribution in [0.1, 0.15) is 50.2 Å². The Kier molecular flexibility index (Phi) is 8.92. The molecule has 1 unspecified atom stereocenters. The number of carbonyl (C=O) groups is 3. The van der Waals surface area contributed by atoms with Crippen molar-refractivity contribution in [3.63, 3.8) is 0 Å². The van der Waals surface area contributed by atoms with Crippen LogP contribution in [0.15, 0.2) is 73.1 Å². The Morgan fingerprint density at radius 1 is 0.942 bits per heavy atom. The molecule has 3 aromatic carbocycles. The lowest BCUT2D eigenvalue weighted by molar-refractivity contribution is -0.205. The molecule has 4 aromatic rings.